The standard InChI is InChI=1S/C15H18N4OS2/c1-9(20)16-12-7-10(3-6-14(12)21-2)13-8-22-15(19-18-13)17-11-4-5-11/h3,6-7,11H,4-5,8H2,1-2H3,(H,16,20)(H,17,19). The Kier molecular flexibility index (Phi) is 4.73. The fourth-order valence-corrected chi connectivity index (χ4v) is 3.45. The number of amidine groups is 1. The number of benzene rings is 1. The van der Waals surface area contributed by atoms with Gasteiger partial charge in [0, 0.05) is 23.1 Å². The van der Waals surface area contributed by atoms with Gasteiger partial charge in [-0.15, -0.1) is 11.8 Å². The monoisotopic (exact) mass is 334 g/mol. The van der Waals surface area contributed by atoms with Gasteiger partial charge >= 0.3 is 0 Å². The Morgan fingerprint density at radius 2 is 2.32 bits per heavy atom. The normalized spacial score (nSPS) is 19.5. The predicted octanol–water partition coefficient (Wildman–Crippen LogP) is 2.93. The molecule has 22 heavy (non-hydrogen) atoms. The van der Waals surface area contributed by atoms with Crippen LogP contribution in [0.1, 0.15) is 25.3 Å². The molecule has 1 heterocycles. The molecule has 1 aliphatic carbocycles. The zero-order valence-corrected chi connectivity index (χ0v) is 14.2. The van der Waals surface area contributed by atoms with Gasteiger partial charge < -0.3 is 5.32 Å². The number of hydrazone groups is 1. The number of amides is 1. The van der Waals surface area contributed by atoms with Crippen LogP contribution in [0.5, 0.6) is 0 Å². The molecule has 1 aromatic carbocycles. The van der Waals surface area contributed by atoms with Crippen LogP contribution in [0.4, 0.5) is 5.69 Å². The second-order valence-electron chi connectivity index (χ2n) is 5.22. The molecular formula is C15H18N4OS2. The van der Waals surface area contributed by atoms with Crippen LogP contribution in [0.15, 0.2) is 33.2 Å². The number of hydrogen-bond donors (Lipinski definition) is 2. The van der Waals surface area contributed by atoms with Crippen LogP contribution in [0.25, 0.3) is 0 Å². The number of thioether (sulfide) groups is 2. The van der Waals surface area contributed by atoms with E-state index in [9.17, 15) is 4.79 Å². The van der Waals surface area contributed by atoms with E-state index in [0.29, 0.717) is 6.04 Å². The Bertz CT molecular complexity index is 653. The summed E-state index contributed by atoms with van der Waals surface area (Å²) in [5.41, 5.74) is 5.86. The first-order valence-corrected chi connectivity index (χ1v) is 9.36. The van der Waals surface area contributed by atoms with Crippen molar-refractivity contribution in [3.8, 4) is 0 Å². The zero-order valence-electron chi connectivity index (χ0n) is 12.5. The van der Waals surface area contributed by atoms with Crippen molar-refractivity contribution in [3.63, 3.8) is 0 Å². The lowest BCUT2D eigenvalue weighted by atomic mass is 10.1. The summed E-state index contributed by atoms with van der Waals surface area (Å²) in [6, 6.07) is 6.55. The zero-order chi connectivity index (χ0) is 15.5. The third-order valence-electron chi connectivity index (χ3n) is 3.32. The van der Waals surface area contributed by atoms with Crippen LogP contribution < -0.4 is 10.7 Å². The SMILES string of the molecule is CSc1ccc(C2=NNC(=NC3CC3)SC2)cc1NC(C)=O. The van der Waals surface area contributed by atoms with Gasteiger partial charge in [0.05, 0.1) is 17.4 Å². The number of nitrogens with zero attached hydrogens (tertiary/aromatic N) is 2. The fourth-order valence-electron chi connectivity index (χ4n) is 2.07. The van der Waals surface area contributed by atoms with E-state index in [1.165, 1.54) is 19.8 Å². The first kappa shape index (κ1) is 15.4. The maximum absolute atomic E-state index is 11.3. The molecule has 0 atom stereocenters. The van der Waals surface area contributed by atoms with Crippen molar-refractivity contribution in [3.05, 3.63) is 23.8 Å². The van der Waals surface area contributed by atoms with Gasteiger partial charge in [0.25, 0.3) is 0 Å². The van der Waals surface area contributed by atoms with E-state index in [1.807, 2.05) is 24.5 Å². The van der Waals surface area contributed by atoms with Gasteiger partial charge in [-0.1, -0.05) is 17.8 Å². The summed E-state index contributed by atoms with van der Waals surface area (Å²) in [5, 5.41) is 8.23. The topological polar surface area (TPSA) is 65.8 Å². The molecule has 0 spiro atoms. The molecule has 2 N–H and O–H groups in total. The van der Waals surface area contributed by atoms with Crippen LogP contribution in [0, 0.1) is 0 Å². The molecule has 0 saturated heterocycles. The summed E-state index contributed by atoms with van der Waals surface area (Å²) in [7, 11) is 0. The average Bonchev–Trinajstić information content (AvgIpc) is 3.31. The number of carbonyl (C=O) groups excluding carboxylic acids is 1. The minimum Gasteiger partial charge on any atom is -0.325 e. The van der Waals surface area contributed by atoms with Crippen LogP contribution >= 0.6 is 23.5 Å². The highest BCUT2D eigenvalue weighted by Gasteiger charge is 2.22. The Morgan fingerprint density at radius 1 is 1.50 bits per heavy atom. The highest BCUT2D eigenvalue weighted by molar-refractivity contribution is 8.14. The van der Waals surface area contributed by atoms with Gasteiger partial charge in [0.1, 0.15) is 0 Å². The van der Waals surface area contributed by atoms with Crippen LogP contribution in [0.3, 0.4) is 0 Å². The summed E-state index contributed by atoms with van der Waals surface area (Å²) in [4.78, 5) is 16.9. The Morgan fingerprint density at radius 3 is 2.91 bits per heavy atom. The van der Waals surface area contributed by atoms with E-state index < -0.39 is 0 Å². The number of aliphatic imine (C=N–C) groups is 1. The molecule has 5 nitrogen and oxygen atoms in total. The van der Waals surface area contributed by atoms with Gasteiger partial charge in [0.2, 0.25) is 5.91 Å². The molecule has 116 valence electrons. The van der Waals surface area contributed by atoms with E-state index in [0.717, 1.165) is 32.8 Å². The van der Waals surface area contributed by atoms with Crippen molar-refractivity contribution in [1.82, 2.24) is 5.43 Å². The largest absolute Gasteiger partial charge is 0.325 e. The first-order valence-electron chi connectivity index (χ1n) is 7.15. The molecule has 1 saturated carbocycles. The minimum atomic E-state index is -0.0654. The third kappa shape index (κ3) is 3.84. The van der Waals surface area contributed by atoms with Crippen LogP contribution in [-0.2, 0) is 4.79 Å². The summed E-state index contributed by atoms with van der Waals surface area (Å²) in [6.45, 7) is 1.52. The summed E-state index contributed by atoms with van der Waals surface area (Å²) >= 11 is 3.29. The molecule has 0 unspecified atom stereocenters. The molecule has 0 aromatic heterocycles. The second kappa shape index (κ2) is 6.75. The Labute approximate surface area is 138 Å². The lowest BCUT2D eigenvalue weighted by molar-refractivity contribution is -0.114. The van der Waals surface area contributed by atoms with Gasteiger partial charge in [-0.3, -0.25) is 15.2 Å². The highest BCUT2D eigenvalue weighted by atomic mass is 32.2. The van der Waals surface area contributed by atoms with E-state index in [1.54, 1.807) is 23.5 Å². The molecule has 7 heteroatoms. The highest BCUT2D eigenvalue weighted by Crippen LogP contribution is 2.28. The van der Waals surface area contributed by atoms with E-state index in [-0.39, 0.29) is 5.91 Å². The van der Waals surface area contributed by atoms with E-state index >= 15 is 0 Å². The van der Waals surface area contributed by atoms with Gasteiger partial charge in [-0.2, -0.15) is 5.10 Å². The number of carbonyl (C=O) groups is 1. The number of anilines is 1. The van der Waals surface area contributed by atoms with Crippen molar-refractivity contribution < 1.29 is 4.79 Å². The Balaban J connectivity index is 1.79. The molecule has 1 fully saturated rings. The summed E-state index contributed by atoms with van der Waals surface area (Å²) < 4.78 is 0. The minimum absolute atomic E-state index is 0.0654. The van der Waals surface area contributed by atoms with Crippen molar-refractivity contribution in [1.29, 1.82) is 0 Å². The predicted molar refractivity (Wildman–Crippen MR) is 95.1 cm³/mol. The molecule has 1 aromatic rings. The molecule has 3 rings (SSSR count). The Hall–Kier alpha value is -1.47. The van der Waals surface area contributed by atoms with E-state index in [4.69, 9.17) is 0 Å². The van der Waals surface area contributed by atoms with Gasteiger partial charge in [0.15, 0.2) is 5.17 Å². The van der Waals surface area contributed by atoms with Crippen molar-refractivity contribution >= 4 is 46.0 Å². The van der Waals surface area contributed by atoms with Crippen molar-refractivity contribution in [2.24, 2.45) is 10.1 Å². The molecule has 1 aliphatic heterocycles. The maximum Gasteiger partial charge on any atom is 0.221 e. The molecule has 0 bridgehead atoms. The summed E-state index contributed by atoms with van der Waals surface area (Å²) in [5.74, 6) is 0.723. The maximum atomic E-state index is 11.3. The number of hydrogen-bond acceptors (Lipinski definition) is 5. The molecule has 1 amide bonds. The first-order chi connectivity index (χ1) is 10.7. The van der Waals surface area contributed by atoms with E-state index in [2.05, 4.69) is 20.8 Å². The third-order valence-corrected chi connectivity index (χ3v) is 5.01. The van der Waals surface area contributed by atoms with Crippen LogP contribution in [0.2, 0.25) is 0 Å². The quantitative estimate of drug-likeness (QED) is 0.831. The smallest absolute Gasteiger partial charge is 0.221 e. The second-order valence-corrected chi connectivity index (χ2v) is 7.03. The van der Waals surface area contributed by atoms with Gasteiger partial charge in [-0.05, 0) is 31.2 Å². The fraction of sp³-hybridized carbons (Fsp3) is 0.400. The molecular weight excluding hydrogens is 316 g/mol. The molecule has 0 radical (unpaired) electrons. The summed E-state index contributed by atoms with van der Waals surface area (Å²) in [6.07, 6.45) is 4.38. The number of rotatable bonds is 4. The van der Waals surface area contributed by atoms with Crippen molar-refractivity contribution in [2.45, 2.75) is 30.7 Å². The van der Waals surface area contributed by atoms with Crippen LogP contribution in [-0.4, -0.2) is 34.8 Å². The average molecular weight is 334 g/mol. The van der Waals surface area contributed by atoms with Crippen molar-refractivity contribution in [2.75, 3.05) is 17.3 Å². The lowest BCUT2D eigenvalue weighted by Gasteiger charge is -2.16. The van der Waals surface area contributed by atoms with Gasteiger partial charge in [-0.25, -0.2) is 0 Å². The number of nitrogens with one attached hydrogen (secondary N) is 2. The molecule has 2 aliphatic rings. The lowest BCUT2D eigenvalue weighted by Crippen LogP contribution is -2.25.